The summed E-state index contributed by atoms with van der Waals surface area (Å²) in [4.78, 5) is 22.4. The number of carbonyl (C=O) groups is 1. The highest BCUT2D eigenvalue weighted by Crippen LogP contribution is 2.32. The van der Waals surface area contributed by atoms with E-state index < -0.39 is 18.5 Å². The van der Waals surface area contributed by atoms with Crippen LogP contribution in [0.2, 0.25) is 5.02 Å². The lowest BCUT2D eigenvalue weighted by atomic mass is 10.2. The Morgan fingerprint density at radius 3 is 2.58 bits per heavy atom. The van der Waals surface area contributed by atoms with Gasteiger partial charge in [-0.2, -0.15) is 0 Å². The van der Waals surface area contributed by atoms with Gasteiger partial charge in [0.2, 0.25) is 0 Å². The van der Waals surface area contributed by atoms with E-state index >= 15 is 0 Å². The van der Waals surface area contributed by atoms with E-state index in [0.29, 0.717) is 29.8 Å². The van der Waals surface area contributed by atoms with E-state index in [2.05, 4.69) is 9.73 Å². The van der Waals surface area contributed by atoms with Crippen LogP contribution in [0.3, 0.4) is 0 Å². The number of alkyl halides is 3. The van der Waals surface area contributed by atoms with Crippen molar-refractivity contribution in [3.8, 4) is 11.5 Å². The summed E-state index contributed by atoms with van der Waals surface area (Å²) < 4.78 is 53.0. The number of ketones is 1. The number of aliphatic imine (C=N–C) groups is 1. The number of Topliss-reactive ketones (excluding diaryl/α,β-unsaturated/α-hetero) is 1. The van der Waals surface area contributed by atoms with Crippen molar-refractivity contribution in [3.63, 3.8) is 0 Å². The monoisotopic (exact) mass is 524 g/mol. The molecule has 0 aliphatic carbocycles. The van der Waals surface area contributed by atoms with E-state index in [4.69, 9.17) is 21.1 Å². The molecule has 8 nitrogen and oxygen atoms in total. The fraction of sp³-hybridized carbons (Fsp3) is 0.333. The molecular weight excluding hydrogens is 501 g/mol. The predicted molar refractivity (Wildman–Crippen MR) is 126 cm³/mol. The van der Waals surface area contributed by atoms with Crippen molar-refractivity contribution in [1.82, 2.24) is 14.7 Å². The van der Waals surface area contributed by atoms with Gasteiger partial charge in [-0.25, -0.2) is 4.99 Å². The van der Waals surface area contributed by atoms with E-state index in [1.807, 2.05) is 40.1 Å². The summed E-state index contributed by atoms with van der Waals surface area (Å²) >= 11 is 6.03. The fourth-order valence-electron chi connectivity index (χ4n) is 3.90. The zero-order chi connectivity index (χ0) is 25.9. The number of carbonyl (C=O) groups excluding carboxylic acids is 1. The number of nitrogens with zero attached hydrogens (tertiary/aromatic N) is 4. The summed E-state index contributed by atoms with van der Waals surface area (Å²) in [5.41, 5.74) is 1.62. The van der Waals surface area contributed by atoms with E-state index in [1.165, 1.54) is 25.3 Å². The standard InChI is InChI=1S/C24H24ClF3N4O4/c1-30-15-31(12-18(33)14-34-2)13-21-22(30)29-23(32(21)11-16-6-8-17(25)9-7-16)35-19-4-3-5-20(10-19)36-24(26,27)28/h3-10,13,23H,11-12,14-15H2,1-2H3. The van der Waals surface area contributed by atoms with Gasteiger partial charge in [-0.1, -0.05) is 29.8 Å². The summed E-state index contributed by atoms with van der Waals surface area (Å²) in [5.74, 6) is 0.305. The largest absolute Gasteiger partial charge is 0.573 e. The molecule has 0 spiro atoms. The Morgan fingerprint density at radius 1 is 1.17 bits per heavy atom. The minimum Gasteiger partial charge on any atom is -0.450 e. The maximum absolute atomic E-state index is 12.7. The van der Waals surface area contributed by atoms with Crippen molar-refractivity contribution in [3.05, 3.63) is 71.0 Å². The van der Waals surface area contributed by atoms with Gasteiger partial charge in [-0.05, 0) is 29.8 Å². The molecule has 1 atom stereocenters. The molecule has 2 aliphatic heterocycles. The van der Waals surface area contributed by atoms with Crippen LogP contribution < -0.4 is 9.47 Å². The zero-order valence-corrected chi connectivity index (χ0v) is 20.3. The third-order valence-corrected chi connectivity index (χ3v) is 5.58. The molecule has 192 valence electrons. The summed E-state index contributed by atoms with van der Waals surface area (Å²) in [6.07, 6.45) is -3.87. The van der Waals surface area contributed by atoms with Crippen molar-refractivity contribution < 1.29 is 32.2 Å². The number of methoxy groups -OCH3 is 1. The number of benzene rings is 2. The number of ether oxygens (including phenoxy) is 3. The summed E-state index contributed by atoms with van der Waals surface area (Å²) in [6, 6.07) is 12.5. The van der Waals surface area contributed by atoms with Crippen LogP contribution >= 0.6 is 11.6 Å². The molecule has 0 fully saturated rings. The van der Waals surface area contributed by atoms with Gasteiger partial charge in [0.25, 0.3) is 6.35 Å². The molecule has 0 N–H and O–H groups in total. The molecule has 2 aliphatic rings. The topological polar surface area (TPSA) is 66.8 Å². The third-order valence-electron chi connectivity index (χ3n) is 5.33. The van der Waals surface area contributed by atoms with Crippen molar-refractivity contribution in [2.45, 2.75) is 19.3 Å². The highest BCUT2D eigenvalue weighted by Gasteiger charge is 2.38. The lowest BCUT2D eigenvalue weighted by Crippen LogP contribution is -2.46. The van der Waals surface area contributed by atoms with E-state index in [9.17, 15) is 18.0 Å². The maximum atomic E-state index is 12.7. The highest BCUT2D eigenvalue weighted by molar-refractivity contribution is 6.30. The maximum Gasteiger partial charge on any atom is 0.573 e. The van der Waals surface area contributed by atoms with Crippen LogP contribution in [0.15, 0.2) is 65.4 Å². The number of fused-ring (bicyclic) bond motifs is 1. The summed E-state index contributed by atoms with van der Waals surface area (Å²) in [7, 11) is 3.30. The second-order valence-electron chi connectivity index (χ2n) is 8.25. The van der Waals surface area contributed by atoms with Crippen molar-refractivity contribution >= 4 is 23.2 Å². The number of hydrogen-bond donors (Lipinski definition) is 0. The first-order chi connectivity index (χ1) is 17.1. The van der Waals surface area contributed by atoms with Gasteiger partial charge in [-0.3, -0.25) is 4.79 Å². The zero-order valence-electron chi connectivity index (χ0n) is 19.5. The second kappa shape index (κ2) is 10.7. The second-order valence-corrected chi connectivity index (χ2v) is 8.68. The number of amidine groups is 1. The van der Waals surface area contributed by atoms with Gasteiger partial charge in [-0.15, -0.1) is 13.2 Å². The first-order valence-corrected chi connectivity index (χ1v) is 11.3. The third kappa shape index (κ3) is 6.41. The Morgan fingerprint density at radius 2 is 1.89 bits per heavy atom. The van der Waals surface area contributed by atoms with Crippen molar-refractivity contribution in [2.75, 3.05) is 34.0 Å². The van der Waals surface area contributed by atoms with Crippen LogP contribution in [-0.4, -0.2) is 73.0 Å². The summed E-state index contributed by atoms with van der Waals surface area (Å²) in [5, 5.41) is 0.589. The average molecular weight is 525 g/mol. The number of hydrogen-bond acceptors (Lipinski definition) is 8. The van der Waals surface area contributed by atoms with Gasteiger partial charge in [0.05, 0.1) is 13.2 Å². The molecule has 36 heavy (non-hydrogen) atoms. The molecule has 2 aromatic rings. The summed E-state index contributed by atoms with van der Waals surface area (Å²) in [6.45, 7) is 0.925. The Bertz CT molecular complexity index is 1160. The average Bonchev–Trinajstić information content (AvgIpc) is 3.12. The predicted octanol–water partition coefficient (Wildman–Crippen LogP) is 4.08. The molecule has 0 radical (unpaired) electrons. The molecule has 2 aromatic carbocycles. The first kappa shape index (κ1) is 25.6. The fourth-order valence-corrected chi connectivity index (χ4v) is 4.03. The molecule has 0 saturated heterocycles. The smallest absolute Gasteiger partial charge is 0.450 e. The Hall–Kier alpha value is -3.44. The normalized spacial score (nSPS) is 17.5. The lowest BCUT2D eigenvalue weighted by molar-refractivity contribution is -0.274. The molecular formula is C24H24ClF3N4O4. The van der Waals surface area contributed by atoms with Crippen LogP contribution in [0.1, 0.15) is 5.56 Å². The molecule has 0 bridgehead atoms. The Labute approximate surface area is 211 Å². The molecule has 12 heteroatoms. The molecule has 0 aromatic heterocycles. The van der Waals surface area contributed by atoms with Crippen LogP contribution in [0.5, 0.6) is 11.5 Å². The van der Waals surface area contributed by atoms with Crippen LogP contribution in [-0.2, 0) is 16.1 Å². The number of halogens is 4. The van der Waals surface area contributed by atoms with E-state index in [-0.39, 0.29) is 24.7 Å². The van der Waals surface area contributed by atoms with Gasteiger partial charge < -0.3 is 28.9 Å². The van der Waals surface area contributed by atoms with Crippen LogP contribution in [0.25, 0.3) is 0 Å². The van der Waals surface area contributed by atoms with Gasteiger partial charge in [0.15, 0.2) is 11.6 Å². The highest BCUT2D eigenvalue weighted by atomic mass is 35.5. The van der Waals surface area contributed by atoms with Gasteiger partial charge in [0, 0.05) is 38.0 Å². The van der Waals surface area contributed by atoms with Crippen molar-refractivity contribution in [1.29, 1.82) is 0 Å². The van der Waals surface area contributed by atoms with Crippen molar-refractivity contribution in [2.24, 2.45) is 4.99 Å². The van der Waals surface area contributed by atoms with Crippen LogP contribution in [0.4, 0.5) is 13.2 Å². The first-order valence-electron chi connectivity index (χ1n) is 10.9. The minimum absolute atomic E-state index is 0.000889. The van der Waals surface area contributed by atoms with E-state index in [0.717, 1.165) is 11.6 Å². The Balaban J connectivity index is 1.62. The molecule has 2 heterocycles. The van der Waals surface area contributed by atoms with Gasteiger partial charge in [0.1, 0.15) is 23.8 Å². The number of rotatable bonds is 9. The Kier molecular flexibility index (Phi) is 7.60. The van der Waals surface area contributed by atoms with Crippen LogP contribution in [0, 0.1) is 0 Å². The number of likely N-dealkylation sites (N-methyl/N-ethyl adjacent to an activating group) is 1. The molecule has 0 saturated carbocycles. The molecule has 0 amide bonds. The van der Waals surface area contributed by atoms with Gasteiger partial charge >= 0.3 is 6.36 Å². The molecule has 4 rings (SSSR count). The lowest BCUT2D eigenvalue weighted by Gasteiger charge is -2.35. The quantitative estimate of drug-likeness (QED) is 0.490. The van der Waals surface area contributed by atoms with E-state index in [1.54, 1.807) is 12.1 Å². The minimum atomic E-state index is -4.82. The SMILES string of the molecule is COCC(=O)CN1C=C2C(=NC(Oc3cccc(OC(F)(F)F)c3)N2Cc2ccc(Cl)cc2)N(C)C1. The molecule has 1 unspecified atom stereocenters.